The van der Waals surface area contributed by atoms with E-state index < -0.39 is 0 Å². The second kappa shape index (κ2) is 6.77. The molecule has 0 unspecified atom stereocenters. The van der Waals surface area contributed by atoms with Crippen molar-refractivity contribution in [3.63, 3.8) is 0 Å². The minimum absolute atomic E-state index is 0.0357. The lowest BCUT2D eigenvalue weighted by molar-refractivity contribution is -0.136. The largest absolute Gasteiger partial charge is 0.370 e. The summed E-state index contributed by atoms with van der Waals surface area (Å²) in [5.41, 5.74) is 0.580. The number of nitrogens with zero attached hydrogens (tertiary/aromatic N) is 1. The van der Waals surface area contributed by atoms with Gasteiger partial charge in [0, 0.05) is 29.3 Å². The Balaban J connectivity index is 2.04. The van der Waals surface area contributed by atoms with Crippen molar-refractivity contribution in [1.29, 1.82) is 0 Å². The van der Waals surface area contributed by atoms with Gasteiger partial charge in [-0.15, -0.1) is 11.3 Å². The van der Waals surface area contributed by atoms with Crippen LogP contribution in [0.3, 0.4) is 0 Å². The van der Waals surface area contributed by atoms with Crippen LogP contribution in [0.4, 0.5) is 0 Å². The van der Waals surface area contributed by atoms with Crippen LogP contribution in [-0.4, -0.2) is 41.9 Å². The Morgan fingerprint density at radius 3 is 2.68 bits per heavy atom. The maximum absolute atomic E-state index is 12.9. The smallest absolute Gasteiger partial charge is 0.262 e. The number of benzene rings is 1. The van der Waals surface area contributed by atoms with E-state index in [0.29, 0.717) is 24.6 Å². The molecule has 0 aliphatic carbocycles. The second-order valence-corrected chi connectivity index (χ2v) is 8.42. The third-order valence-electron chi connectivity index (χ3n) is 4.16. The number of hydrogen-bond acceptors (Lipinski definition) is 4. The third kappa shape index (κ3) is 3.85. The maximum Gasteiger partial charge on any atom is 0.262 e. The van der Waals surface area contributed by atoms with Crippen molar-refractivity contribution in [3.05, 3.63) is 34.7 Å². The quantitative estimate of drug-likeness (QED) is 0.893. The van der Waals surface area contributed by atoms with E-state index in [1.165, 1.54) is 11.3 Å². The van der Waals surface area contributed by atoms with Crippen LogP contribution in [0.25, 0.3) is 10.1 Å². The molecule has 1 aliphatic rings. The molecule has 1 aromatic heterocycles. The predicted octanol–water partition coefficient (Wildman–Crippen LogP) is 3.35. The zero-order valence-corrected chi connectivity index (χ0v) is 15.9. The summed E-state index contributed by atoms with van der Waals surface area (Å²) >= 11 is 1.48. The van der Waals surface area contributed by atoms with E-state index in [4.69, 9.17) is 4.74 Å². The molecule has 1 fully saturated rings. The van der Waals surface area contributed by atoms with Gasteiger partial charge in [0.1, 0.15) is 6.10 Å². The minimum atomic E-state index is -0.316. The summed E-state index contributed by atoms with van der Waals surface area (Å²) in [6.07, 6.45) is -0.283. The Labute approximate surface area is 152 Å². The Kier molecular flexibility index (Phi) is 4.84. The first kappa shape index (κ1) is 17.9. The highest BCUT2D eigenvalue weighted by Crippen LogP contribution is 2.38. The Morgan fingerprint density at radius 1 is 1.28 bits per heavy atom. The molecule has 0 radical (unpaired) electrons. The molecule has 0 bridgehead atoms. The molecule has 2 aromatic rings. The van der Waals surface area contributed by atoms with Gasteiger partial charge in [0.15, 0.2) is 0 Å². The Bertz CT molecular complexity index is 807. The summed E-state index contributed by atoms with van der Waals surface area (Å²) in [4.78, 5) is 27.1. The van der Waals surface area contributed by atoms with Crippen LogP contribution in [0.15, 0.2) is 24.3 Å². The average Bonchev–Trinajstić information content (AvgIpc) is 2.93. The van der Waals surface area contributed by atoms with Crippen LogP contribution in [0, 0.1) is 0 Å². The normalized spacial score (nSPS) is 18.4. The SMILES string of the molecule is CC(=O)N1CCO[C@@H](c2c(C(=O)NC(C)(C)C)sc3ccccc23)C1. The number of amides is 2. The molecule has 1 atom stereocenters. The van der Waals surface area contributed by atoms with Crippen LogP contribution in [0.1, 0.15) is 49.0 Å². The first-order valence-corrected chi connectivity index (χ1v) is 9.29. The van der Waals surface area contributed by atoms with E-state index in [0.717, 1.165) is 15.6 Å². The van der Waals surface area contributed by atoms with Crippen LogP contribution in [0.2, 0.25) is 0 Å². The van der Waals surface area contributed by atoms with Crippen molar-refractivity contribution >= 4 is 33.2 Å². The molecule has 0 saturated carbocycles. The first-order chi connectivity index (χ1) is 11.8. The van der Waals surface area contributed by atoms with Crippen molar-refractivity contribution in [2.45, 2.75) is 39.3 Å². The van der Waals surface area contributed by atoms with E-state index in [1.807, 2.05) is 45.0 Å². The van der Waals surface area contributed by atoms with Gasteiger partial charge in [0.05, 0.1) is 18.0 Å². The topological polar surface area (TPSA) is 58.6 Å². The lowest BCUT2D eigenvalue weighted by Crippen LogP contribution is -2.43. The molecular weight excluding hydrogens is 336 g/mol. The summed E-state index contributed by atoms with van der Waals surface area (Å²) in [7, 11) is 0. The summed E-state index contributed by atoms with van der Waals surface area (Å²) < 4.78 is 7.02. The molecular formula is C19H24N2O3S. The molecule has 2 heterocycles. The molecule has 1 saturated heterocycles. The summed E-state index contributed by atoms with van der Waals surface area (Å²) in [6, 6.07) is 7.97. The van der Waals surface area contributed by atoms with Gasteiger partial charge in [-0.3, -0.25) is 9.59 Å². The fourth-order valence-corrected chi connectivity index (χ4v) is 4.21. The Hall–Kier alpha value is -1.92. The average molecular weight is 360 g/mol. The zero-order chi connectivity index (χ0) is 18.2. The van der Waals surface area contributed by atoms with Gasteiger partial charge < -0.3 is 15.0 Å². The number of hydrogen-bond donors (Lipinski definition) is 1. The first-order valence-electron chi connectivity index (χ1n) is 8.47. The highest BCUT2D eigenvalue weighted by molar-refractivity contribution is 7.21. The van der Waals surface area contributed by atoms with Crippen LogP contribution < -0.4 is 5.32 Å². The van der Waals surface area contributed by atoms with Crippen LogP contribution in [-0.2, 0) is 9.53 Å². The van der Waals surface area contributed by atoms with E-state index in [-0.39, 0.29) is 23.5 Å². The van der Waals surface area contributed by atoms with Gasteiger partial charge in [-0.25, -0.2) is 0 Å². The van der Waals surface area contributed by atoms with Gasteiger partial charge in [-0.05, 0) is 32.2 Å². The van der Waals surface area contributed by atoms with Gasteiger partial charge in [0.2, 0.25) is 5.91 Å². The molecule has 5 nitrogen and oxygen atoms in total. The second-order valence-electron chi connectivity index (χ2n) is 7.37. The van der Waals surface area contributed by atoms with Crippen LogP contribution in [0.5, 0.6) is 0 Å². The monoisotopic (exact) mass is 360 g/mol. The number of carbonyl (C=O) groups excluding carboxylic acids is 2. The molecule has 2 amide bonds. The summed E-state index contributed by atoms with van der Waals surface area (Å²) in [6.45, 7) is 9.02. The number of rotatable bonds is 2. The standard InChI is InChI=1S/C19H24N2O3S/c1-12(22)21-9-10-24-14(11-21)16-13-7-5-6-8-15(13)25-17(16)18(23)20-19(2,3)4/h5-8,14H,9-11H2,1-4H3,(H,20,23)/t14-/m1/s1. The van der Waals surface area contributed by atoms with Crippen molar-refractivity contribution < 1.29 is 14.3 Å². The molecule has 3 rings (SSSR count). The molecule has 6 heteroatoms. The molecule has 134 valence electrons. The molecule has 1 N–H and O–H groups in total. The highest BCUT2D eigenvalue weighted by atomic mass is 32.1. The fraction of sp³-hybridized carbons (Fsp3) is 0.474. The zero-order valence-electron chi connectivity index (χ0n) is 15.1. The molecule has 0 spiro atoms. The number of morpholine rings is 1. The van der Waals surface area contributed by atoms with Crippen LogP contribution >= 0.6 is 11.3 Å². The van der Waals surface area contributed by atoms with Crippen molar-refractivity contribution in [3.8, 4) is 0 Å². The number of fused-ring (bicyclic) bond motifs is 1. The van der Waals surface area contributed by atoms with Gasteiger partial charge in [-0.2, -0.15) is 0 Å². The molecule has 1 aromatic carbocycles. The lowest BCUT2D eigenvalue weighted by Gasteiger charge is -2.33. The minimum Gasteiger partial charge on any atom is -0.370 e. The van der Waals surface area contributed by atoms with Crippen molar-refractivity contribution in [2.75, 3.05) is 19.7 Å². The molecule has 1 aliphatic heterocycles. The van der Waals surface area contributed by atoms with E-state index in [2.05, 4.69) is 5.32 Å². The number of ether oxygens (including phenoxy) is 1. The van der Waals surface area contributed by atoms with Crippen molar-refractivity contribution in [2.24, 2.45) is 0 Å². The third-order valence-corrected chi connectivity index (χ3v) is 5.35. The summed E-state index contributed by atoms with van der Waals surface area (Å²) in [5, 5.41) is 4.07. The van der Waals surface area contributed by atoms with Crippen molar-refractivity contribution in [1.82, 2.24) is 10.2 Å². The fourth-order valence-electron chi connectivity index (χ4n) is 3.06. The maximum atomic E-state index is 12.9. The van der Waals surface area contributed by atoms with E-state index in [9.17, 15) is 9.59 Å². The lowest BCUT2D eigenvalue weighted by atomic mass is 10.0. The van der Waals surface area contributed by atoms with Gasteiger partial charge in [0.25, 0.3) is 5.91 Å². The van der Waals surface area contributed by atoms with E-state index >= 15 is 0 Å². The van der Waals surface area contributed by atoms with Gasteiger partial charge in [-0.1, -0.05) is 18.2 Å². The summed E-state index contributed by atoms with van der Waals surface area (Å²) in [5.74, 6) is -0.0548. The number of thiophene rings is 1. The van der Waals surface area contributed by atoms with E-state index in [1.54, 1.807) is 11.8 Å². The van der Waals surface area contributed by atoms with Gasteiger partial charge >= 0.3 is 0 Å². The molecule has 25 heavy (non-hydrogen) atoms. The number of carbonyl (C=O) groups is 2. The Morgan fingerprint density at radius 2 is 2.00 bits per heavy atom. The predicted molar refractivity (Wildman–Crippen MR) is 100.0 cm³/mol. The highest BCUT2D eigenvalue weighted by Gasteiger charge is 2.31. The number of nitrogens with one attached hydrogen (secondary N) is 1.